The minimum atomic E-state index is -0.947. The van der Waals surface area contributed by atoms with Gasteiger partial charge in [-0.2, -0.15) is 0 Å². The number of carbonyl (C=O) groups excluding carboxylic acids is 1. The molecule has 2 aromatic carbocycles. The highest BCUT2D eigenvalue weighted by Gasteiger charge is 2.53. The van der Waals surface area contributed by atoms with Crippen LogP contribution >= 0.6 is 34.5 Å². The number of thiazole rings is 1. The van der Waals surface area contributed by atoms with Gasteiger partial charge in [0.15, 0.2) is 5.13 Å². The van der Waals surface area contributed by atoms with Crippen molar-refractivity contribution in [3.63, 3.8) is 0 Å². The summed E-state index contributed by atoms with van der Waals surface area (Å²) in [6.45, 7) is 1.84. The fourth-order valence-corrected chi connectivity index (χ4v) is 10.2. The van der Waals surface area contributed by atoms with Crippen LogP contribution in [0.1, 0.15) is 90.4 Å². The van der Waals surface area contributed by atoms with Gasteiger partial charge in [0, 0.05) is 36.3 Å². The Balaban J connectivity index is 0.954. The predicted molar refractivity (Wildman–Crippen MR) is 178 cm³/mol. The molecule has 9 rings (SSSR count). The van der Waals surface area contributed by atoms with E-state index in [1.165, 1.54) is 11.3 Å². The molecule has 0 unspecified atom stereocenters. The predicted octanol–water partition coefficient (Wildman–Crippen LogP) is 8.22. The minimum absolute atomic E-state index is 0.0113. The van der Waals surface area contributed by atoms with E-state index in [2.05, 4.69) is 5.16 Å². The summed E-state index contributed by atoms with van der Waals surface area (Å²) in [5.41, 5.74) is 4.46. The molecule has 1 amide bonds. The van der Waals surface area contributed by atoms with Gasteiger partial charge in [-0.1, -0.05) is 45.8 Å². The minimum Gasteiger partial charge on any atom is -0.478 e. The van der Waals surface area contributed by atoms with Crippen LogP contribution in [0.4, 0.5) is 5.13 Å². The van der Waals surface area contributed by atoms with Crippen LogP contribution in [0.2, 0.25) is 10.0 Å². The molecule has 12 heteroatoms. The monoisotopic (exact) mass is 693 g/mol. The average Bonchev–Trinajstić information content (AvgIpc) is 3.33. The summed E-state index contributed by atoms with van der Waals surface area (Å²) in [4.78, 5) is 32.8. The second-order valence-corrected chi connectivity index (χ2v) is 15.8. The van der Waals surface area contributed by atoms with Crippen LogP contribution in [-0.2, 0) is 20.9 Å². The van der Waals surface area contributed by atoms with E-state index < -0.39 is 5.97 Å². The Hall–Kier alpha value is -3.02. The number of anilines is 1. The number of fused-ring (bicyclic) bond motifs is 3. The summed E-state index contributed by atoms with van der Waals surface area (Å²) in [6.07, 6.45) is 7.36. The van der Waals surface area contributed by atoms with E-state index in [-0.39, 0.29) is 42.1 Å². The molecule has 5 aliphatic rings. The van der Waals surface area contributed by atoms with Gasteiger partial charge < -0.3 is 19.1 Å². The summed E-state index contributed by atoms with van der Waals surface area (Å²) in [6, 6.07) is 8.84. The maximum Gasteiger partial charge on any atom is 0.335 e. The molecule has 0 radical (unpaired) electrons. The molecule has 2 aromatic heterocycles. The summed E-state index contributed by atoms with van der Waals surface area (Å²) < 4.78 is 18.7. The van der Waals surface area contributed by atoms with E-state index in [9.17, 15) is 14.7 Å². The smallest absolute Gasteiger partial charge is 0.335 e. The number of rotatable bonds is 8. The molecule has 1 N–H and O–H groups in total. The molecule has 9 nitrogen and oxygen atoms in total. The summed E-state index contributed by atoms with van der Waals surface area (Å²) >= 11 is 14.5. The number of benzene rings is 2. The Morgan fingerprint density at radius 1 is 1.11 bits per heavy atom. The van der Waals surface area contributed by atoms with Crippen LogP contribution in [0.25, 0.3) is 21.5 Å². The molecule has 2 aliphatic heterocycles. The summed E-state index contributed by atoms with van der Waals surface area (Å²) in [5.74, 6) is 0.164. The third-order valence-electron chi connectivity index (χ3n) is 11.1. The highest BCUT2D eigenvalue weighted by atomic mass is 35.5. The highest BCUT2D eigenvalue weighted by molar-refractivity contribution is 7.22. The SMILES string of the molecule is O=C(O)c1cc(C2CC3(CCOCC3)C2)c2nc(N3C(=O)[C@@H]4C[C@H]3C[C@H]4OCc3c(-c4c(Cl)cccc4Cl)noc3C3CC3)sc2c1. The molecule has 1 spiro atoms. The van der Waals surface area contributed by atoms with Gasteiger partial charge in [0.25, 0.3) is 0 Å². The third-order valence-corrected chi connectivity index (χ3v) is 12.8. The van der Waals surface area contributed by atoms with Crippen molar-refractivity contribution < 1.29 is 28.7 Å². The van der Waals surface area contributed by atoms with E-state index in [4.69, 9.17) is 42.2 Å². The molecule has 4 aromatic rings. The molecule has 2 bridgehead atoms. The van der Waals surface area contributed by atoms with Crippen LogP contribution in [0.5, 0.6) is 0 Å². The Labute approximate surface area is 285 Å². The van der Waals surface area contributed by atoms with E-state index in [0.717, 1.165) is 78.8 Å². The molecule has 47 heavy (non-hydrogen) atoms. The van der Waals surface area contributed by atoms with Crippen molar-refractivity contribution in [1.82, 2.24) is 10.1 Å². The van der Waals surface area contributed by atoms with Crippen LogP contribution in [0, 0.1) is 11.3 Å². The van der Waals surface area contributed by atoms with Crippen molar-refractivity contribution in [2.75, 3.05) is 18.1 Å². The zero-order valence-electron chi connectivity index (χ0n) is 25.5. The number of piperidine rings is 1. The number of halogens is 2. The van der Waals surface area contributed by atoms with Gasteiger partial charge in [0.05, 0.1) is 44.5 Å². The number of aromatic nitrogens is 2. The number of ether oxygens (including phenoxy) is 2. The molecular weight excluding hydrogens is 661 g/mol. The Morgan fingerprint density at radius 3 is 2.57 bits per heavy atom. The normalized spacial score (nSPS) is 25.3. The fourth-order valence-electron chi connectivity index (χ4n) is 8.48. The second kappa shape index (κ2) is 11.3. The molecule has 3 atom stereocenters. The third kappa shape index (κ3) is 5.01. The lowest BCUT2D eigenvalue weighted by molar-refractivity contribution is -0.126. The largest absolute Gasteiger partial charge is 0.478 e. The standard InChI is InChI=1S/C35H33Cl2N3O6S/c36-24-2-1-3-25(37)28(24)30-23(31(46-39-30)17-4-5-17)16-45-26-13-20-12-22(26)32(41)40(20)34-38-29-21(10-18(33(42)43)11-27(29)47-34)19-14-35(15-19)6-8-44-9-7-35/h1-3,10-11,17,19-20,22,26H,4-9,12-16H2,(H,42,43)/t20-,22+,26+/m0/s1. The fraction of sp³-hybridized carbons (Fsp3) is 0.486. The van der Waals surface area contributed by atoms with Gasteiger partial charge in [-0.3, -0.25) is 9.69 Å². The Morgan fingerprint density at radius 2 is 1.87 bits per heavy atom. The maximum atomic E-state index is 13.9. The number of nitrogens with zero attached hydrogens (tertiary/aromatic N) is 3. The first-order chi connectivity index (χ1) is 22.8. The van der Waals surface area contributed by atoms with Gasteiger partial charge >= 0.3 is 5.97 Å². The number of carboxylic acid groups (broad SMARTS) is 1. The number of hydrogen-bond donors (Lipinski definition) is 1. The number of hydrogen-bond acceptors (Lipinski definition) is 8. The van der Waals surface area contributed by atoms with Crippen LogP contribution in [0.3, 0.4) is 0 Å². The van der Waals surface area contributed by atoms with E-state index in [1.54, 1.807) is 30.3 Å². The molecular formula is C35H33Cl2N3O6S. The lowest BCUT2D eigenvalue weighted by Gasteiger charge is -2.50. The van der Waals surface area contributed by atoms with Crippen molar-refractivity contribution in [3.05, 3.63) is 62.8 Å². The van der Waals surface area contributed by atoms with Crippen LogP contribution in [0.15, 0.2) is 34.9 Å². The Kier molecular flexibility index (Phi) is 7.21. The first-order valence-electron chi connectivity index (χ1n) is 16.4. The molecule has 2 saturated heterocycles. The van der Waals surface area contributed by atoms with Crippen LogP contribution in [-0.4, -0.2) is 52.5 Å². The Bertz CT molecular complexity index is 1900. The van der Waals surface area contributed by atoms with Crippen molar-refractivity contribution in [2.24, 2.45) is 11.3 Å². The lowest BCUT2D eigenvalue weighted by atomic mass is 9.56. The summed E-state index contributed by atoms with van der Waals surface area (Å²) in [5, 5.41) is 15.9. The molecule has 4 heterocycles. The number of amides is 1. The summed E-state index contributed by atoms with van der Waals surface area (Å²) in [7, 11) is 0. The van der Waals surface area contributed by atoms with E-state index in [1.807, 2.05) is 4.90 Å². The quantitative estimate of drug-likeness (QED) is 0.196. The van der Waals surface area contributed by atoms with Gasteiger partial charge in [0.1, 0.15) is 11.5 Å². The van der Waals surface area contributed by atoms with Crippen LogP contribution < -0.4 is 4.90 Å². The second-order valence-electron chi connectivity index (χ2n) is 14.0. The van der Waals surface area contributed by atoms with Crippen molar-refractivity contribution >= 4 is 61.8 Å². The molecule has 3 aliphatic carbocycles. The van der Waals surface area contributed by atoms with Gasteiger partial charge in [-0.15, -0.1) is 0 Å². The van der Waals surface area contributed by atoms with Gasteiger partial charge in [-0.05, 0) is 92.5 Å². The lowest BCUT2D eigenvalue weighted by Crippen LogP contribution is -2.43. The highest BCUT2D eigenvalue weighted by Crippen LogP contribution is 2.58. The van der Waals surface area contributed by atoms with E-state index >= 15 is 0 Å². The topological polar surface area (TPSA) is 115 Å². The number of carboxylic acids is 1. The number of aromatic carboxylic acids is 1. The first-order valence-corrected chi connectivity index (χ1v) is 18.0. The van der Waals surface area contributed by atoms with Crippen molar-refractivity contribution in [2.45, 2.75) is 82.0 Å². The van der Waals surface area contributed by atoms with Crippen molar-refractivity contribution in [1.29, 1.82) is 0 Å². The molecule has 5 fully saturated rings. The zero-order chi connectivity index (χ0) is 32.0. The van der Waals surface area contributed by atoms with E-state index in [0.29, 0.717) is 50.6 Å². The average molecular weight is 695 g/mol. The molecule has 3 saturated carbocycles. The molecule has 244 valence electrons. The van der Waals surface area contributed by atoms with Crippen molar-refractivity contribution in [3.8, 4) is 11.3 Å². The zero-order valence-corrected chi connectivity index (χ0v) is 27.9. The maximum absolute atomic E-state index is 13.9. The first kappa shape index (κ1) is 30.1. The number of carbonyl (C=O) groups is 2. The van der Waals surface area contributed by atoms with Gasteiger partial charge in [-0.25, -0.2) is 9.78 Å². The van der Waals surface area contributed by atoms with Gasteiger partial charge in [0.2, 0.25) is 5.91 Å².